The Morgan fingerprint density at radius 1 is 1.00 bits per heavy atom. The first-order valence-corrected chi connectivity index (χ1v) is 8.82. The fourth-order valence-electron chi connectivity index (χ4n) is 2.61. The van der Waals surface area contributed by atoms with Crippen LogP contribution in [0, 0.1) is 0 Å². The van der Waals surface area contributed by atoms with E-state index >= 15 is 0 Å². The van der Waals surface area contributed by atoms with Crippen molar-refractivity contribution in [3.63, 3.8) is 0 Å². The van der Waals surface area contributed by atoms with Crippen LogP contribution in [0.25, 0.3) is 0 Å². The van der Waals surface area contributed by atoms with Crippen LogP contribution in [0.4, 0.5) is 4.79 Å². The zero-order valence-electron chi connectivity index (χ0n) is 15.6. The highest BCUT2D eigenvalue weighted by Crippen LogP contribution is 2.22. The SMILES string of the molecule is CC(C)(C)OC(=O)NC[C@@H](CO)NC(c1ccccc1)c1ccccc1. The molecule has 2 aromatic rings. The number of amides is 1. The highest BCUT2D eigenvalue weighted by atomic mass is 16.6. The van der Waals surface area contributed by atoms with Crippen molar-refractivity contribution in [3.05, 3.63) is 71.8 Å². The largest absolute Gasteiger partial charge is 0.444 e. The predicted octanol–water partition coefficient (Wildman–Crippen LogP) is 3.25. The fourth-order valence-corrected chi connectivity index (χ4v) is 2.61. The van der Waals surface area contributed by atoms with Gasteiger partial charge in [-0.1, -0.05) is 60.7 Å². The first-order valence-electron chi connectivity index (χ1n) is 8.82. The Balaban J connectivity index is 2.07. The molecular weight excluding hydrogens is 328 g/mol. The molecule has 2 aromatic carbocycles. The van der Waals surface area contributed by atoms with Gasteiger partial charge in [0.1, 0.15) is 5.60 Å². The second-order valence-corrected chi connectivity index (χ2v) is 7.18. The standard InChI is InChI=1S/C21H28N2O3/c1-21(2,3)26-20(25)22-14-18(15-24)23-19(16-10-6-4-7-11-16)17-12-8-5-9-13-17/h4-13,18-19,23-24H,14-15H2,1-3H3,(H,22,25)/t18-/m0/s1. The van der Waals surface area contributed by atoms with Crippen molar-refractivity contribution in [2.75, 3.05) is 13.2 Å². The molecule has 1 atom stereocenters. The molecule has 26 heavy (non-hydrogen) atoms. The lowest BCUT2D eigenvalue weighted by Gasteiger charge is -2.26. The molecule has 3 N–H and O–H groups in total. The van der Waals surface area contributed by atoms with E-state index in [-0.39, 0.29) is 25.2 Å². The zero-order chi connectivity index (χ0) is 19.0. The third-order valence-electron chi connectivity index (χ3n) is 3.78. The molecule has 0 bridgehead atoms. The summed E-state index contributed by atoms with van der Waals surface area (Å²) in [6.07, 6.45) is -0.492. The van der Waals surface area contributed by atoms with Crippen LogP contribution >= 0.6 is 0 Å². The molecule has 1 amide bonds. The molecule has 5 heteroatoms. The Morgan fingerprint density at radius 2 is 1.50 bits per heavy atom. The first-order chi connectivity index (χ1) is 12.4. The molecule has 0 fully saturated rings. The second-order valence-electron chi connectivity index (χ2n) is 7.18. The van der Waals surface area contributed by atoms with Gasteiger partial charge in [0.05, 0.1) is 12.6 Å². The molecule has 140 valence electrons. The topological polar surface area (TPSA) is 70.6 Å². The van der Waals surface area contributed by atoms with Gasteiger partial charge in [0.2, 0.25) is 0 Å². The average molecular weight is 356 g/mol. The normalized spacial score (nSPS) is 12.7. The molecule has 2 rings (SSSR count). The number of aliphatic hydroxyl groups excluding tert-OH is 1. The molecule has 0 heterocycles. The van der Waals surface area contributed by atoms with E-state index in [1.807, 2.05) is 81.4 Å². The number of carbonyl (C=O) groups excluding carboxylic acids is 1. The van der Waals surface area contributed by atoms with Gasteiger partial charge in [0, 0.05) is 12.6 Å². The minimum absolute atomic E-state index is 0.0880. The maximum Gasteiger partial charge on any atom is 0.407 e. The summed E-state index contributed by atoms with van der Waals surface area (Å²) < 4.78 is 5.25. The van der Waals surface area contributed by atoms with Crippen LogP contribution < -0.4 is 10.6 Å². The molecule has 0 radical (unpaired) electrons. The maximum atomic E-state index is 11.9. The monoisotopic (exact) mass is 356 g/mol. The van der Waals surface area contributed by atoms with Crippen molar-refractivity contribution in [1.29, 1.82) is 0 Å². The number of nitrogens with one attached hydrogen (secondary N) is 2. The van der Waals surface area contributed by atoms with E-state index in [1.54, 1.807) is 0 Å². The van der Waals surface area contributed by atoms with Crippen molar-refractivity contribution in [2.24, 2.45) is 0 Å². The number of benzene rings is 2. The van der Waals surface area contributed by atoms with E-state index in [4.69, 9.17) is 4.74 Å². The zero-order valence-corrected chi connectivity index (χ0v) is 15.6. The van der Waals surface area contributed by atoms with Gasteiger partial charge in [-0.25, -0.2) is 4.79 Å². The molecule has 0 saturated carbocycles. The van der Waals surface area contributed by atoms with Crippen molar-refractivity contribution >= 4 is 6.09 Å². The van der Waals surface area contributed by atoms with Crippen molar-refractivity contribution in [1.82, 2.24) is 10.6 Å². The summed E-state index contributed by atoms with van der Waals surface area (Å²) in [5, 5.41) is 15.9. The van der Waals surface area contributed by atoms with Crippen molar-refractivity contribution in [3.8, 4) is 0 Å². The van der Waals surface area contributed by atoms with Crippen LogP contribution in [-0.4, -0.2) is 36.0 Å². The molecule has 0 unspecified atom stereocenters. The van der Waals surface area contributed by atoms with Crippen LogP contribution in [0.1, 0.15) is 37.9 Å². The number of carbonyl (C=O) groups is 1. The highest BCUT2D eigenvalue weighted by molar-refractivity contribution is 5.67. The van der Waals surface area contributed by atoms with Gasteiger partial charge in [-0.05, 0) is 31.9 Å². The summed E-state index contributed by atoms with van der Waals surface area (Å²) in [5.74, 6) is 0. The van der Waals surface area contributed by atoms with Crippen LogP contribution in [-0.2, 0) is 4.74 Å². The van der Waals surface area contributed by atoms with Gasteiger partial charge in [-0.2, -0.15) is 0 Å². The molecule has 0 spiro atoms. The Hall–Kier alpha value is -2.37. The van der Waals surface area contributed by atoms with Gasteiger partial charge in [0.25, 0.3) is 0 Å². The van der Waals surface area contributed by atoms with Crippen LogP contribution in [0.2, 0.25) is 0 Å². The molecule has 0 aliphatic rings. The number of alkyl carbamates (subject to hydrolysis) is 1. The summed E-state index contributed by atoms with van der Waals surface area (Å²) in [4.78, 5) is 11.9. The van der Waals surface area contributed by atoms with Crippen LogP contribution in [0.15, 0.2) is 60.7 Å². The average Bonchev–Trinajstić information content (AvgIpc) is 2.62. The van der Waals surface area contributed by atoms with E-state index in [0.29, 0.717) is 0 Å². The maximum absolute atomic E-state index is 11.9. The molecular formula is C21H28N2O3. The number of ether oxygens (including phenoxy) is 1. The van der Waals surface area contributed by atoms with E-state index in [0.717, 1.165) is 11.1 Å². The summed E-state index contributed by atoms with van der Waals surface area (Å²) >= 11 is 0. The predicted molar refractivity (Wildman–Crippen MR) is 103 cm³/mol. The van der Waals surface area contributed by atoms with Crippen LogP contribution in [0.3, 0.4) is 0 Å². The second kappa shape index (κ2) is 9.36. The van der Waals surface area contributed by atoms with E-state index in [1.165, 1.54) is 0 Å². The van der Waals surface area contributed by atoms with Crippen molar-refractivity contribution in [2.45, 2.75) is 38.5 Å². The van der Waals surface area contributed by atoms with E-state index in [9.17, 15) is 9.90 Å². The van der Waals surface area contributed by atoms with E-state index in [2.05, 4.69) is 10.6 Å². The lowest BCUT2D eigenvalue weighted by atomic mass is 9.98. The van der Waals surface area contributed by atoms with Gasteiger partial charge in [-0.15, -0.1) is 0 Å². The first kappa shape index (κ1) is 19.9. The van der Waals surface area contributed by atoms with Gasteiger partial charge in [0.15, 0.2) is 0 Å². The van der Waals surface area contributed by atoms with Gasteiger partial charge >= 0.3 is 6.09 Å². The molecule has 0 saturated heterocycles. The molecule has 0 aromatic heterocycles. The highest BCUT2D eigenvalue weighted by Gasteiger charge is 2.20. The molecule has 0 aliphatic heterocycles. The Morgan fingerprint density at radius 3 is 1.92 bits per heavy atom. The Kier molecular flexibility index (Phi) is 7.18. The quantitative estimate of drug-likeness (QED) is 0.712. The van der Waals surface area contributed by atoms with Crippen molar-refractivity contribution < 1.29 is 14.6 Å². The summed E-state index contributed by atoms with van der Waals surface area (Å²) in [6.45, 7) is 5.60. The number of hydrogen-bond donors (Lipinski definition) is 3. The summed E-state index contributed by atoms with van der Waals surface area (Å²) in [7, 11) is 0. The van der Waals surface area contributed by atoms with Gasteiger partial charge in [-0.3, -0.25) is 5.32 Å². The minimum atomic E-state index is -0.553. The smallest absolute Gasteiger partial charge is 0.407 e. The third kappa shape index (κ3) is 6.50. The fraction of sp³-hybridized carbons (Fsp3) is 0.381. The molecule has 5 nitrogen and oxygen atoms in total. The number of rotatable bonds is 7. The lowest BCUT2D eigenvalue weighted by molar-refractivity contribution is 0.0517. The third-order valence-corrected chi connectivity index (χ3v) is 3.78. The lowest BCUT2D eigenvalue weighted by Crippen LogP contribution is -2.46. The van der Waals surface area contributed by atoms with Gasteiger partial charge < -0.3 is 15.2 Å². The van der Waals surface area contributed by atoms with E-state index < -0.39 is 11.7 Å². The number of hydrogen-bond acceptors (Lipinski definition) is 4. The van der Waals surface area contributed by atoms with Crippen LogP contribution in [0.5, 0.6) is 0 Å². The summed E-state index contributed by atoms with van der Waals surface area (Å²) in [5.41, 5.74) is 1.63. The minimum Gasteiger partial charge on any atom is -0.444 e. The Bertz CT molecular complexity index is 629. The molecule has 0 aliphatic carbocycles. The number of aliphatic hydroxyl groups is 1. The summed E-state index contributed by atoms with van der Waals surface area (Å²) in [6, 6.07) is 19.7. The Labute approximate surface area is 155 Å².